The number of nitrogens with zero attached hydrogens (tertiary/aromatic N) is 2. The number of morpholine rings is 1. The molecule has 1 N–H and O–H groups in total. The third-order valence-corrected chi connectivity index (χ3v) is 12.0. The van der Waals surface area contributed by atoms with Crippen LogP contribution < -0.4 is 10.1 Å². The molecular weight excluding hydrogens is 590 g/mol. The highest BCUT2D eigenvalue weighted by Gasteiger charge is 2.34. The third-order valence-electron chi connectivity index (χ3n) is 9.84. The Labute approximate surface area is 269 Å². The fourth-order valence-electron chi connectivity index (χ4n) is 7.57. The second-order valence-electron chi connectivity index (χ2n) is 13.1. The van der Waals surface area contributed by atoms with Gasteiger partial charge in [0.1, 0.15) is 12.4 Å². The maximum Gasteiger partial charge on any atom is 0.246 e. The molecule has 1 saturated carbocycles. The van der Waals surface area contributed by atoms with Gasteiger partial charge in [0, 0.05) is 38.8 Å². The molecule has 2 aromatic carbocycles. The first-order valence-electron chi connectivity index (χ1n) is 16.6. The number of piperidine rings is 1. The fourth-order valence-corrected chi connectivity index (χ4v) is 9.53. The molecule has 1 aliphatic carbocycles. The van der Waals surface area contributed by atoms with E-state index in [2.05, 4.69) is 40.5 Å². The van der Waals surface area contributed by atoms with Crippen LogP contribution in [0.25, 0.3) is 0 Å². The molecule has 3 aliphatic rings. The van der Waals surface area contributed by atoms with E-state index in [0.29, 0.717) is 65.9 Å². The predicted molar refractivity (Wildman–Crippen MR) is 175 cm³/mol. The van der Waals surface area contributed by atoms with Gasteiger partial charge in [0.15, 0.2) is 0 Å². The SMILES string of the molecule is COc1cc(C)c(S(=O)(=O)N2CCCC(COCC(=O)NCC3CCC(C(c4ccccc4)N4CCOCC4)CC3)C2)c(C)c1. The first-order chi connectivity index (χ1) is 21.8. The van der Waals surface area contributed by atoms with Crippen molar-refractivity contribution >= 4 is 15.9 Å². The molecule has 3 fully saturated rings. The minimum absolute atomic E-state index is 0.00238. The normalized spacial score (nSPS) is 24.2. The van der Waals surface area contributed by atoms with Crippen molar-refractivity contribution < 1.29 is 27.4 Å². The zero-order chi connectivity index (χ0) is 31.8. The molecule has 45 heavy (non-hydrogen) atoms. The molecule has 5 rings (SSSR count). The monoisotopic (exact) mass is 641 g/mol. The summed E-state index contributed by atoms with van der Waals surface area (Å²) in [6.45, 7) is 9.11. The number of amides is 1. The van der Waals surface area contributed by atoms with Gasteiger partial charge in [0.05, 0.1) is 31.8 Å². The van der Waals surface area contributed by atoms with Gasteiger partial charge >= 0.3 is 0 Å². The number of hydrogen-bond acceptors (Lipinski definition) is 7. The van der Waals surface area contributed by atoms with Gasteiger partial charge in [-0.1, -0.05) is 30.3 Å². The Morgan fingerprint density at radius 3 is 2.33 bits per heavy atom. The first-order valence-corrected chi connectivity index (χ1v) is 18.1. The van der Waals surface area contributed by atoms with Crippen LogP contribution in [0, 0.1) is 31.6 Å². The molecule has 2 atom stereocenters. The second kappa shape index (κ2) is 15.9. The molecule has 2 unspecified atom stereocenters. The van der Waals surface area contributed by atoms with E-state index in [1.54, 1.807) is 23.5 Å². The van der Waals surface area contributed by atoms with Crippen LogP contribution in [0.15, 0.2) is 47.4 Å². The molecule has 1 amide bonds. The van der Waals surface area contributed by atoms with Gasteiger partial charge in [-0.3, -0.25) is 9.69 Å². The highest BCUT2D eigenvalue weighted by Crippen LogP contribution is 2.40. The molecule has 2 aromatic rings. The van der Waals surface area contributed by atoms with E-state index in [4.69, 9.17) is 14.2 Å². The number of nitrogens with one attached hydrogen (secondary N) is 1. The number of carbonyl (C=O) groups is 1. The van der Waals surface area contributed by atoms with Crippen molar-refractivity contribution in [2.75, 3.05) is 66.3 Å². The van der Waals surface area contributed by atoms with Crippen LogP contribution >= 0.6 is 0 Å². The van der Waals surface area contributed by atoms with Crippen molar-refractivity contribution in [1.29, 1.82) is 0 Å². The maximum absolute atomic E-state index is 13.6. The summed E-state index contributed by atoms with van der Waals surface area (Å²) in [6.07, 6.45) is 6.19. The summed E-state index contributed by atoms with van der Waals surface area (Å²) in [5.41, 5.74) is 2.77. The number of carbonyl (C=O) groups excluding carboxylic acids is 1. The zero-order valence-electron chi connectivity index (χ0n) is 27.2. The van der Waals surface area contributed by atoms with E-state index >= 15 is 0 Å². The summed E-state index contributed by atoms with van der Waals surface area (Å²) in [7, 11) is -2.06. The molecule has 0 aromatic heterocycles. The van der Waals surface area contributed by atoms with Crippen LogP contribution in [0.2, 0.25) is 0 Å². The van der Waals surface area contributed by atoms with Crippen LogP contribution in [-0.4, -0.2) is 89.8 Å². The average Bonchev–Trinajstić information content (AvgIpc) is 3.05. The molecule has 2 aliphatic heterocycles. The van der Waals surface area contributed by atoms with Gasteiger partial charge in [-0.15, -0.1) is 0 Å². The number of aryl methyl sites for hydroxylation is 2. The number of rotatable bonds is 12. The third kappa shape index (κ3) is 8.65. The predicted octanol–water partition coefficient (Wildman–Crippen LogP) is 4.73. The van der Waals surface area contributed by atoms with Crippen molar-refractivity contribution in [2.45, 2.75) is 63.3 Å². The average molecular weight is 642 g/mol. The lowest BCUT2D eigenvalue weighted by atomic mass is 9.76. The van der Waals surface area contributed by atoms with E-state index in [1.165, 1.54) is 5.56 Å². The highest BCUT2D eigenvalue weighted by atomic mass is 32.2. The summed E-state index contributed by atoms with van der Waals surface area (Å²) in [5, 5.41) is 3.10. The van der Waals surface area contributed by atoms with Crippen LogP contribution in [0.4, 0.5) is 0 Å². The summed E-state index contributed by atoms with van der Waals surface area (Å²) in [5.74, 6) is 1.70. The number of benzene rings is 2. The maximum atomic E-state index is 13.6. The van der Waals surface area contributed by atoms with Crippen LogP contribution in [0.5, 0.6) is 5.75 Å². The largest absolute Gasteiger partial charge is 0.497 e. The number of hydrogen-bond donors (Lipinski definition) is 1. The van der Waals surface area contributed by atoms with Crippen LogP contribution in [0.1, 0.15) is 61.3 Å². The van der Waals surface area contributed by atoms with Crippen molar-refractivity contribution in [3.05, 3.63) is 59.2 Å². The molecule has 0 radical (unpaired) electrons. The lowest BCUT2D eigenvalue weighted by Crippen LogP contribution is -2.43. The molecular formula is C35H51N3O6S. The lowest BCUT2D eigenvalue weighted by molar-refractivity contribution is -0.126. The highest BCUT2D eigenvalue weighted by molar-refractivity contribution is 7.89. The Bertz CT molecular complexity index is 1330. The van der Waals surface area contributed by atoms with E-state index in [0.717, 1.165) is 64.8 Å². The summed E-state index contributed by atoms with van der Waals surface area (Å²) < 4.78 is 45.5. The molecule has 0 bridgehead atoms. The van der Waals surface area contributed by atoms with Gasteiger partial charge < -0.3 is 19.5 Å². The second-order valence-corrected chi connectivity index (χ2v) is 14.9. The zero-order valence-corrected chi connectivity index (χ0v) is 28.0. The van der Waals surface area contributed by atoms with Gasteiger partial charge in [-0.05, 0) is 98.9 Å². The Morgan fingerprint density at radius 1 is 0.978 bits per heavy atom. The topological polar surface area (TPSA) is 97.4 Å². The van der Waals surface area contributed by atoms with E-state index < -0.39 is 10.0 Å². The van der Waals surface area contributed by atoms with Crippen LogP contribution in [-0.2, 0) is 24.3 Å². The standard InChI is InChI=1S/C35H51N3O6S/c1-26-20-32(42-3)21-27(2)35(26)45(40,41)38-15-7-8-29(23-38)24-44-25-33(39)36-22-28-11-13-31(14-12-28)34(30-9-5-4-6-10-30)37-16-18-43-19-17-37/h4-6,9-10,20-21,28-29,31,34H,7-8,11-19,22-25H2,1-3H3,(H,36,39). The minimum atomic E-state index is -3.64. The molecule has 2 heterocycles. The van der Waals surface area contributed by atoms with Crippen molar-refractivity contribution in [3.8, 4) is 5.75 Å². The Morgan fingerprint density at radius 2 is 1.67 bits per heavy atom. The van der Waals surface area contributed by atoms with E-state index in [1.807, 2.05) is 13.8 Å². The molecule has 0 spiro atoms. The Hall–Kier alpha value is -2.50. The molecule has 10 heteroatoms. The lowest BCUT2D eigenvalue weighted by Gasteiger charge is -2.42. The number of ether oxygens (including phenoxy) is 3. The number of sulfonamides is 1. The van der Waals surface area contributed by atoms with E-state index in [9.17, 15) is 13.2 Å². The minimum Gasteiger partial charge on any atom is -0.497 e. The van der Waals surface area contributed by atoms with Gasteiger partial charge in [-0.2, -0.15) is 4.31 Å². The van der Waals surface area contributed by atoms with Crippen molar-refractivity contribution in [2.24, 2.45) is 17.8 Å². The Balaban J connectivity index is 1.04. The fraction of sp³-hybridized carbons (Fsp3) is 0.629. The summed E-state index contributed by atoms with van der Waals surface area (Å²) in [4.78, 5) is 15.6. The summed E-state index contributed by atoms with van der Waals surface area (Å²) >= 11 is 0. The first kappa shape index (κ1) is 33.9. The Kier molecular flexibility index (Phi) is 11.9. The van der Waals surface area contributed by atoms with Gasteiger partial charge in [-0.25, -0.2) is 8.42 Å². The van der Waals surface area contributed by atoms with Crippen molar-refractivity contribution in [3.63, 3.8) is 0 Å². The van der Waals surface area contributed by atoms with Crippen molar-refractivity contribution in [1.82, 2.24) is 14.5 Å². The van der Waals surface area contributed by atoms with Crippen LogP contribution in [0.3, 0.4) is 0 Å². The van der Waals surface area contributed by atoms with Gasteiger partial charge in [0.2, 0.25) is 15.9 Å². The van der Waals surface area contributed by atoms with Gasteiger partial charge in [0.25, 0.3) is 0 Å². The summed E-state index contributed by atoms with van der Waals surface area (Å²) in [6, 6.07) is 14.9. The molecule has 9 nitrogen and oxygen atoms in total. The van der Waals surface area contributed by atoms with E-state index in [-0.39, 0.29) is 18.4 Å². The molecule has 2 saturated heterocycles. The number of methoxy groups -OCH3 is 1. The molecule has 248 valence electrons. The smallest absolute Gasteiger partial charge is 0.246 e. The quantitative estimate of drug-likeness (QED) is 0.358.